The maximum absolute atomic E-state index is 10.6. The van der Waals surface area contributed by atoms with Gasteiger partial charge in [0.25, 0.3) is 0 Å². The molecule has 0 aromatic heterocycles. The first-order valence-electron chi connectivity index (χ1n) is 10.5. The van der Waals surface area contributed by atoms with E-state index >= 15 is 0 Å². The molecule has 1 fully saturated rings. The molecule has 0 radical (unpaired) electrons. The predicted octanol–water partition coefficient (Wildman–Crippen LogP) is 2.18. The van der Waals surface area contributed by atoms with E-state index in [9.17, 15) is 10.2 Å². The van der Waals surface area contributed by atoms with Crippen LogP contribution in [0.5, 0.6) is 11.5 Å². The lowest BCUT2D eigenvalue weighted by Crippen LogP contribution is -2.65. The first-order chi connectivity index (χ1) is 13.2. The molecule has 1 spiro atoms. The van der Waals surface area contributed by atoms with Crippen molar-refractivity contribution < 1.29 is 21.8 Å². The van der Waals surface area contributed by atoms with E-state index in [1.807, 2.05) is 12.1 Å². The number of phenols is 1. The Balaban J connectivity index is 0.00000205. The van der Waals surface area contributed by atoms with Crippen molar-refractivity contribution in [3.8, 4) is 11.5 Å². The number of aliphatic hydroxyl groups excluding tert-OH is 1. The summed E-state index contributed by atoms with van der Waals surface area (Å²) in [6.45, 7) is -2.76. The molecule has 128 valence electrons. The van der Waals surface area contributed by atoms with Crippen molar-refractivity contribution in [2.24, 2.45) is 5.92 Å². The van der Waals surface area contributed by atoms with Crippen molar-refractivity contribution in [1.29, 1.82) is 0 Å². The Hall–Kier alpha value is -1.49. The fourth-order valence-corrected chi connectivity index (χ4v) is 5.27. The van der Waals surface area contributed by atoms with Crippen molar-refractivity contribution in [1.82, 2.24) is 4.90 Å². The number of aliphatic hydroxyl groups is 1. The predicted molar refractivity (Wildman–Crippen MR) is 94.0 cm³/mol. The van der Waals surface area contributed by atoms with Crippen LogP contribution in [0, 0.1) is 5.92 Å². The first-order valence-corrected chi connectivity index (χ1v) is 7.99. The van der Waals surface area contributed by atoms with Crippen LogP contribution in [-0.4, -0.2) is 46.4 Å². The second-order valence-electron chi connectivity index (χ2n) is 6.88. The molecule has 5 heteroatoms. The zero-order chi connectivity index (χ0) is 20.0. The fraction of sp³-hybridized carbons (Fsp3) is 0.474. The highest BCUT2D eigenvalue weighted by Gasteiger charge is 2.64. The van der Waals surface area contributed by atoms with Crippen molar-refractivity contribution in [3.63, 3.8) is 0 Å². The molecule has 1 saturated heterocycles. The molecule has 2 heterocycles. The second-order valence-corrected chi connectivity index (χ2v) is 6.88. The maximum atomic E-state index is 10.6. The zero-order valence-corrected chi connectivity index (χ0v) is 13.7. The molecule has 2 aliphatic carbocycles. The van der Waals surface area contributed by atoms with Crippen molar-refractivity contribution in [2.45, 2.75) is 36.5 Å². The molecule has 4 nitrogen and oxygen atoms in total. The highest BCUT2D eigenvalue weighted by Crippen LogP contribution is 2.62. The Labute approximate surface area is 154 Å². The Morgan fingerprint density at radius 3 is 3.25 bits per heavy atom. The van der Waals surface area contributed by atoms with E-state index in [-0.39, 0.29) is 30.1 Å². The van der Waals surface area contributed by atoms with Crippen molar-refractivity contribution in [2.75, 3.05) is 13.0 Å². The van der Waals surface area contributed by atoms with Gasteiger partial charge in [-0.05, 0) is 31.0 Å². The van der Waals surface area contributed by atoms with Crippen LogP contribution >= 0.6 is 12.4 Å². The summed E-state index contributed by atoms with van der Waals surface area (Å²) < 4.78 is 45.8. The van der Waals surface area contributed by atoms with Crippen molar-refractivity contribution >= 4 is 12.4 Å². The van der Waals surface area contributed by atoms with Crippen LogP contribution < -0.4 is 4.74 Å². The minimum atomic E-state index is -2.23. The van der Waals surface area contributed by atoms with Gasteiger partial charge in [0, 0.05) is 32.2 Å². The highest BCUT2D eigenvalue weighted by molar-refractivity contribution is 5.85. The van der Waals surface area contributed by atoms with Gasteiger partial charge in [-0.25, -0.2) is 0 Å². The number of piperidine rings is 1. The van der Waals surface area contributed by atoms with E-state index < -0.39 is 36.7 Å². The number of hydrogen-bond acceptors (Lipinski definition) is 4. The molecule has 0 saturated carbocycles. The topological polar surface area (TPSA) is 52.9 Å². The molecule has 2 aliphatic heterocycles. The molecule has 0 amide bonds. The van der Waals surface area contributed by atoms with Gasteiger partial charge in [0.1, 0.15) is 12.2 Å². The lowest BCUT2D eigenvalue weighted by Gasteiger charge is -2.57. The van der Waals surface area contributed by atoms with Gasteiger partial charge in [-0.2, -0.15) is 0 Å². The third-order valence-electron chi connectivity index (χ3n) is 6.07. The van der Waals surface area contributed by atoms with Crippen LogP contribution in [0.15, 0.2) is 36.9 Å². The normalized spacial score (nSPS) is 41.5. The average Bonchev–Trinajstić information content (AvgIpc) is 2.99. The third kappa shape index (κ3) is 1.71. The number of benzene rings is 1. The molecule has 5 rings (SSSR count). The lowest BCUT2D eigenvalue weighted by molar-refractivity contribution is -0.0488. The molecule has 2 bridgehead atoms. The van der Waals surface area contributed by atoms with Gasteiger partial charge in [0.15, 0.2) is 11.5 Å². The minimum Gasteiger partial charge on any atom is -0.504 e. The lowest BCUT2D eigenvalue weighted by atomic mass is 9.53. The molecular formula is C19H22ClNO3. The van der Waals surface area contributed by atoms with Gasteiger partial charge in [0.05, 0.1) is 4.11 Å². The summed E-state index contributed by atoms with van der Waals surface area (Å²) in [5.74, 6) is 0.313. The number of halogens is 1. The molecule has 2 N–H and O–H groups in total. The van der Waals surface area contributed by atoms with Gasteiger partial charge in [-0.15, -0.1) is 18.9 Å². The monoisotopic (exact) mass is 352 g/mol. The largest absolute Gasteiger partial charge is 0.504 e. The minimum absolute atomic E-state index is 0. The number of ether oxygens (including phenoxy) is 1. The Morgan fingerprint density at radius 2 is 2.42 bits per heavy atom. The number of nitrogens with zero attached hydrogens (tertiary/aromatic N) is 1. The van der Waals surface area contributed by atoms with E-state index in [4.69, 9.17) is 11.6 Å². The molecule has 5 atom stereocenters. The van der Waals surface area contributed by atoms with Gasteiger partial charge >= 0.3 is 0 Å². The first kappa shape index (κ1) is 11.2. The van der Waals surface area contributed by atoms with E-state index in [2.05, 4.69) is 0 Å². The molecule has 24 heavy (non-hydrogen) atoms. The summed E-state index contributed by atoms with van der Waals surface area (Å²) in [5.41, 5.74) is 1.32. The van der Waals surface area contributed by atoms with Crippen LogP contribution in [0.2, 0.25) is 0 Å². The molecule has 1 aromatic rings. The van der Waals surface area contributed by atoms with Crippen molar-refractivity contribution in [3.05, 3.63) is 48.0 Å². The maximum Gasteiger partial charge on any atom is 0.165 e. The smallest absolute Gasteiger partial charge is 0.165 e. The number of phenolic OH excluding ortho intramolecular Hbond substituents is 1. The summed E-state index contributed by atoms with van der Waals surface area (Å²) in [5, 5.41) is 20.9. The van der Waals surface area contributed by atoms with Crippen LogP contribution in [0.1, 0.15) is 24.4 Å². The Morgan fingerprint density at radius 1 is 1.54 bits per heavy atom. The zero-order valence-electron chi connectivity index (χ0n) is 17.9. The van der Waals surface area contributed by atoms with Gasteiger partial charge in [-0.3, -0.25) is 4.90 Å². The molecule has 0 unspecified atom stereocenters. The Bertz CT molecular complexity index is 935. The summed E-state index contributed by atoms with van der Waals surface area (Å²) >= 11 is 0. The highest BCUT2D eigenvalue weighted by atomic mass is 35.5. The van der Waals surface area contributed by atoms with E-state index in [0.717, 1.165) is 11.1 Å². The summed E-state index contributed by atoms with van der Waals surface area (Å²) in [7, 11) is 0. The molecule has 1 aromatic carbocycles. The van der Waals surface area contributed by atoms with Gasteiger partial charge in [0.2, 0.25) is 0 Å². The summed E-state index contributed by atoms with van der Waals surface area (Å²) in [4.78, 5) is 1.58. The fourth-order valence-electron chi connectivity index (χ4n) is 5.27. The number of hydrogen-bond donors (Lipinski definition) is 2. The van der Waals surface area contributed by atoms with E-state index in [0.29, 0.717) is 25.1 Å². The quantitative estimate of drug-likeness (QED) is 0.801. The number of likely N-dealkylation sites (tertiary alicyclic amines) is 1. The Kier molecular flexibility index (Phi) is 2.45. The van der Waals surface area contributed by atoms with Crippen LogP contribution in [0.3, 0.4) is 0 Å². The SMILES string of the molecule is Cl.[2H]C([2H])=C([2H])C([2H])([2H])N1CC[C@]23c4c5ccc(O)c4O[C@H]2[C@@H](O)C=C[C@H]3[C@H]1C5. The van der Waals surface area contributed by atoms with Crippen LogP contribution in [0.25, 0.3) is 0 Å². The van der Waals surface area contributed by atoms with Crippen LogP contribution in [0.4, 0.5) is 0 Å². The van der Waals surface area contributed by atoms with E-state index in [1.54, 1.807) is 17.0 Å². The third-order valence-corrected chi connectivity index (χ3v) is 6.07. The van der Waals surface area contributed by atoms with Gasteiger partial charge < -0.3 is 14.9 Å². The summed E-state index contributed by atoms with van der Waals surface area (Å²) in [6.07, 6.45) is 3.21. The number of rotatable bonds is 2. The molecular weight excluding hydrogens is 326 g/mol. The average molecular weight is 353 g/mol. The standard InChI is InChI=1S/C19H21NO3.ClH/c1-2-8-20-9-7-19-12-4-6-15(22)18(19)23-17-14(21)5-3-11(16(17)19)10-13(12)20;/h2-6,12-13,15,18,21-22H,1,7-10H2;1H/t12-,13+,15-,18-,19-;/m0./s1/i1D2,2D,8D2;. The second kappa shape index (κ2) is 5.25. The van der Waals surface area contributed by atoms with Crippen LogP contribution in [-0.2, 0) is 11.8 Å². The number of aromatic hydroxyl groups is 1. The molecule has 4 aliphatic rings. The van der Waals surface area contributed by atoms with E-state index in [1.165, 1.54) is 0 Å². The summed E-state index contributed by atoms with van der Waals surface area (Å²) in [6, 6.07) is 2.44. The van der Waals surface area contributed by atoms with Gasteiger partial charge in [-0.1, -0.05) is 24.3 Å².